The summed E-state index contributed by atoms with van der Waals surface area (Å²) in [6.45, 7) is 10.3. The molecule has 0 amide bonds. The Kier molecular flexibility index (Phi) is 10.6. The van der Waals surface area contributed by atoms with Gasteiger partial charge in [-0.3, -0.25) is 0 Å². The molecule has 4 aromatic rings. The molecular weight excluding hydrogens is 574 g/mol. The molecule has 1 aromatic heterocycles. The monoisotopic (exact) mass is 611 g/mol. The highest BCUT2D eigenvalue weighted by molar-refractivity contribution is 8.33. The predicted molar refractivity (Wildman–Crippen MR) is 162 cm³/mol. The first kappa shape index (κ1) is 31.5. The lowest BCUT2D eigenvalue weighted by Crippen LogP contribution is -2.17. The normalized spacial score (nSPS) is 15.3. The maximum atomic E-state index is 13.9. The molecule has 0 N–H and O–H groups in total. The van der Waals surface area contributed by atoms with Crippen molar-refractivity contribution in [3.05, 3.63) is 103 Å². The minimum Gasteiger partial charge on any atom is -0.465 e. The number of pyridine rings is 1. The van der Waals surface area contributed by atoms with Crippen LogP contribution < -0.4 is 9.47 Å². The number of hydrogen-bond donors (Lipinski definition) is 0. The molecule has 0 aliphatic carbocycles. The number of aromatic nitrogens is 1. The van der Waals surface area contributed by atoms with Gasteiger partial charge in [-0.2, -0.15) is 8.42 Å². The van der Waals surface area contributed by atoms with Gasteiger partial charge in [-0.1, -0.05) is 23.8 Å². The van der Waals surface area contributed by atoms with Crippen LogP contribution in [-0.4, -0.2) is 39.2 Å². The molecule has 0 saturated carbocycles. The fourth-order valence-electron chi connectivity index (χ4n) is 4.23. The van der Waals surface area contributed by atoms with Crippen LogP contribution >= 0.6 is 10.3 Å². The predicted octanol–water partition coefficient (Wildman–Crippen LogP) is 7.51. The third kappa shape index (κ3) is 7.50. The van der Waals surface area contributed by atoms with E-state index in [-0.39, 0.29) is 4.90 Å². The highest BCUT2D eigenvalue weighted by Crippen LogP contribution is 2.69. The fraction of sp³-hybridized carbons (Fsp3) is 0.281. The molecule has 0 aliphatic heterocycles. The van der Waals surface area contributed by atoms with Gasteiger partial charge in [0, 0.05) is 29.2 Å². The zero-order chi connectivity index (χ0) is 30.2. The van der Waals surface area contributed by atoms with E-state index in [9.17, 15) is 8.42 Å². The average Bonchev–Trinajstić information content (AvgIpc) is 2.98. The van der Waals surface area contributed by atoms with Crippen molar-refractivity contribution >= 4 is 20.4 Å². The molecule has 0 radical (unpaired) electrons. The molecule has 2 unspecified atom stereocenters. The van der Waals surface area contributed by atoms with Crippen molar-refractivity contribution in [1.29, 1.82) is 0 Å². The lowest BCUT2D eigenvalue weighted by atomic mass is 10.2. The van der Waals surface area contributed by atoms with Crippen molar-refractivity contribution < 1.29 is 31.0 Å². The van der Waals surface area contributed by atoms with E-state index >= 15 is 0 Å². The van der Waals surface area contributed by atoms with Crippen molar-refractivity contribution in [3.63, 3.8) is 0 Å². The van der Waals surface area contributed by atoms with Crippen LogP contribution in [0.2, 0.25) is 0 Å². The summed E-state index contributed by atoms with van der Waals surface area (Å²) in [6, 6.07) is 26.3. The van der Waals surface area contributed by atoms with Gasteiger partial charge in [-0.25, -0.2) is 8.61 Å². The lowest BCUT2D eigenvalue weighted by Gasteiger charge is -2.38. The van der Waals surface area contributed by atoms with Crippen molar-refractivity contribution in [1.82, 2.24) is 4.98 Å². The molecule has 42 heavy (non-hydrogen) atoms. The van der Waals surface area contributed by atoms with Crippen LogP contribution in [0.25, 0.3) is 0 Å². The molecule has 2 atom stereocenters. The Bertz CT molecular complexity index is 1450. The van der Waals surface area contributed by atoms with Gasteiger partial charge < -0.3 is 18.9 Å². The Morgan fingerprint density at radius 1 is 0.667 bits per heavy atom. The number of nitrogens with zero attached hydrogens (tertiary/aromatic N) is 1. The molecule has 0 fully saturated rings. The first-order valence-electron chi connectivity index (χ1n) is 13.7. The second-order valence-corrected chi connectivity index (χ2v) is 13.7. The van der Waals surface area contributed by atoms with Gasteiger partial charge in [-0.05, 0) is 118 Å². The van der Waals surface area contributed by atoms with Crippen LogP contribution in [0.1, 0.15) is 33.3 Å². The van der Waals surface area contributed by atoms with Crippen LogP contribution in [0.5, 0.6) is 11.5 Å². The SMILES string of the molecule is CCOC(C)Oc1ccc(S(OS(=O)(=O)c2ccc(C)cc2)(c2ccc(OC(C)OCC)cc2)c2ccccn2)cc1. The van der Waals surface area contributed by atoms with Gasteiger partial charge in [-0.15, -0.1) is 0 Å². The van der Waals surface area contributed by atoms with Crippen LogP contribution in [0.15, 0.2) is 117 Å². The Morgan fingerprint density at radius 2 is 1.14 bits per heavy atom. The quantitative estimate of drug-likeness (QED) is 0.135. The highest BCUT2D eigenvalue weighted by Gasteiger charge is 2.39. The van der Waals surface area contributed by atoms with Crippen LogP contribution in [0.4, 0.5) is 0 Å². The minimum atomic E-state index is -4.26. The number of ether oxygens (including phenoxy) is 4. The van der Waals surface area contributed by atoms with Crippen LogP contribution in [0.3, 0.4) is 0 Å². The Labute approximate surface area is 250 Å². The highest BCUT2D eigenvalue weighted by atomic mass is 32.3. The van der Waals surface area contributed by atoms with Gasteiger partial charge in [0.1, 0.15) is 16.5 Å². The van der Waals surface area contributed by atoms with E-state index in [4.69, 9.17) is 22.6 Å². The van der Waals surface area contributed by atoms with Gasteiger partial charge in [0.2, 0.25) is 0 Å². The first-order chi connectivity index (χ1) is 20.2. The Morgan fingerprint density at radius 3 is 1.57 bits per heavy atom. The summed E-state index contributed by atoms with van der Waals surface area (Å²) in [6.07, 6.45) is 0.735. The molecule has 8 nitrogen and oxygen atoms in total. The lowest BCUT2D eigenvalue weighted by molar-refractivity contribution is -0.0616. The van der Waals surface area contributed by atoms with E-state index in [1.807, 2.05) is 65.0 Å². The number of hydrogen-bond acceptors (Lipinski definition) is 8. The molecule has 0 aliphatic rings. The Hall–Kier alpha value is -3.41. The third-order valence-electron chi connectivity index (χ3n) is 6.15. The molecule has 224 valence electrons. The summed E-state index contributed by atoms with van der Waals surface area (Å²) < 4.78 is 57.0. The first-order valence-corrected chi connectivity index (χ1v) is 16.7. The molecule has 4 rings (SSSR count). The van der Waals surface area contributed by atoms with Gasteiger partial charge in [0.15, 0.2) is 12.6 Å². The topological polar surface area (TPSA) is 93.2 Å². The van der Waals surface area contributed by atoms with E-state index in [0.717, 1.165) is 5.56 Å². The molecule has 0 spiro atoms. The van der Waals surface area contributed by atoms with E-state index < -0.39 is 33.0 Å². The second-order valence-electron chi connectivity index (χ2n) is 9.28. The molecular formula is C32H37NO7S2. The van der Waals surface area contributed by atoms with Crippen molar-refractivity contribution in [2.45, 2.75) is 66.9 Å². The molecule has 3 aromatic carbocycles. The fourth-order valence-corrected chi connectivity index (χ4v) is 9.27. The van der Waals surface area contributed by atoms with E-state index in [0.29, 0.717) is 39.5 Å². The van der Waals surface area contributed by atoms with Crippen LogP contribution in [-0.2, 0) is 23.2 Å². The van der Waals surface area contributed by atoms with Crippen LogP contribution in [0, 0.1) is 6.92 Å². The zero-order valence-corrected chi connectivity index (χ0v) is 26.1. The van der Waals surface area contributed by atoms with Crippen molar-refractivity contribution in [2.75, 3.05) is 13.2 Å². The van der Waals surface area contributed by atoms with E-state index in [1.54, 1.807) is 66.9 Å². The number of benzene rings is 3. The number of rotatable bonds is 14. The molecule has 1 heterocycles. The van der Waals surface area contributed by atoms with Gasteiger partial charge >= 0.3 is 10.1 Å². The molecule has 0 bridgehead atoms. The third-order valence-corrected chi connectivity index (χ3v) is 11.2. The summed E-state index contributed by atoms with van der Waals surface area (Å²) in [5.74, 6) is 1.15. The summed E-state index contributed by atoms with van der Waals surface area (Å²) >= 11 is 0. The summed E-state index contributed by atoms with van der Waals surface area (Å²) in [7, 11) is -7.19. The average molecular weight is 612 g/mol. The van der Waals surface area contributed by atoms with E-state index in [2.05, 4.69) is 4.98 Å². The van der Waals surface area contributed by atoms with Gasteiger partial charge in [0.05, 0.1) is 4.90 Å². The molecule has 10 heteroatoms. The molecule has 0 saturated heterocycles. The van der Waals surface area contributed by atoms with Crippen molar-refractivity contribution in [2.24, 2.45) is 0 Å². The Balaban J connectivity index is 1.88. The summed E-state index contributed by atoms with van der Waals surface area (Å²) in [5, 5.41) is 0.466. The maximum absolute atomic E-state index is 13.9. The van der Waals surface area contributed by atoms with Crippen molar-refractivity contribution in [3.8, 4) is 11.5 Å². The summed E-state index contributed by atoms with van der Waals surface area (Å²) in [4.78, 5) is 5.91. The maximum Gasteiger partial charge on any atom is 0.307 e. The zero-order valence-electron chi connectivity index (χ0n) is 24.4. The smallest absolute Gasteiger partial charge is 0.307 e. The van der Waals surface area contributed by atoms with E-state index in [1.165, 1.54) is 0 Å². The number of aryl methyl sites for hydroxylation is 1. The van der Waals surface area contributed by atoms with Gasteiger partial charge in [0.25, 0.3) is 0 Å². The second kappa shape index (κ2) is 14.2. The summed E-state index contributed by atoms with van der Waals surface area (Å²) in [5.41, 5.74) is 0.936. The standard InChI is InChI=1S/C32H37NO7S2/c1-6-36-25(4)38-27-13-19-29(20-14-27)41(32-10-8-9-23-33-32,40-42(34,35)31-17-11-24(3)12-18-31)30-21-15-28(16-22-30)39-26(5)37-7-2/h8-23,25-26H,6-7H2,1-5H3. The largest absolute Gasteiger partial charge is 0.465 e. The minimum absolute atomic E-state index is 0.0527.